The van der Waals surface area contributed by atoms with Gasteiger partial charge in [-0.2, -0.15) is 0 Å². The number of rotatable bonds is 4. The van der Waals surface area contributed by atoms with Crippen LogP contribution in [0.5, 0.6) is 0 Å². The molecule has 1 saturated heterocycles. The lowest BCUT2D eigenvalue weighted by atomic mass is 10.0. The first-order valence-electron chi connectivity index (χ1n) is 8.14. The van der Waals surface area contributed by atoms with E-state index in [4.69, 9.17) is 4.74 Å². The van der Waals surface area contributed by atoms with Gasteiger partial charge in [0.25, 0.3) is 0 Å². The van der Waals surface area contributed by atoms with Crippen molar-refractivity contribution in [3.05, 3.63) is 59.3 Å². The Morgan fingerprint density at radius 3 is 2.70 bits per heavy atom. The van der Waals surface area contributed by atoms with E-state index in [9.17, 15) is 0 Å². The van der Waals surface area contributed by atoms with E-state index >= 15 is 0 Å². The normalized spacial score (nSPS) is 15.0. The number of pyridine rings is 2. The van der Waals surface area contributed by atoms with Crippen LogP contribution in [-0.4, -0.2) is 27.7 Å². The van der Waals surface area contributed by atoms with Gasteiger partial charge in [-0.1, -0.05) is 0 Å². The van der Waals surface area contributed by atoms with E-state index in [1.165, 1.54) is 22.0 Å². The second kappa shape index (κ2) is 5.78. The first-order valence-corrected chi connectivity index (χ1v) is 8.14. The van der Waals surface area contributed by atoms with Crippen LogP contribution in [0.4, 0.5) is 0 Å². The number of aryl methyl sites for hydroxylation is 2. The van der Waals surface area contributed by atoms with Crippen LogP contribution in [0.25, 0.3) is 10.9 Å². The van der Waals surface area contributed by atoms with Gasteiger partial charge in [0.15, 0.2) is 0 Å². The summed E-state index contributed by atoms with van der Waals surface area (Å²) in [4.78, 5) is 9.08. The molecule has 0 saturated carbocycles. The van der Waals surface area contributed by atoms with Crippen molar-refractivity contribution < 1.29 is 4.74 Å². The molecule has 23 heavy (non-hydrogen) atoms. The monoisotopic (exact) mass is 307 g/mol. The van der Waals surface area contributed by atoms with Gasteiger partial charge < -0.3 is 9.30 Å². The molecule has 0 N–H and O–H groups in total. The van der Waals surface area contributed by atoms with Gasteiger partial charge in [-0.15, -0.1) is 0 Å². The number of hydrogen-bond donors (Lipinski definition) is 0. The molecule has 1 aliphatic rings. The summed E-state index contributed by atoms with van der Waals surface area (Å²) in [5.41, 5.74) is 6.05. The van der Waals surface area contributed by atoms with Crippen molar-refractivity contribution in [2.75, 3.05) is 13.2 Å². The molecule has 3 aromatic heterocycles. The molecular formula is C19H21N3O. The molecule has 4 heteroatoms. The minimum atomic E-state index is 0.644. The highest BCUT2D eigenvalue weighted by atomic mass is 16.5. The van der Waals surface area contributed by atoms with Gasteiger partial charge in [-0.3, -0.25) is 9.97 Å². The van der Waals surface area contributed by atoms with Crippen LogP contribution >= 0.6 is 0 Å². The Labute approximate surface area is 136 Å². The first kappa shape index (κ1) is 14.4. The largest absolute Gasteiger partial charge is 0.381 e. The molecular weight excluding hydrogens is 286 g/mol. The molecule has 4 heterocycles. The van der Waals surface area contributed by atoms with Crippen molar-refractivity contribution in [1.29, 1.82) is 0 Å². The van der Waals surface area contributed by atoms with Crippen LogP contribution in [0.15, 0.2) is 36.8 Å². The second-order valence-corrected chi connectivity index (χ2v) is 6.43. The SMILES string of the molecule is Cc1ccnc(C)c1Cc1nccc2c1ccn2CC1COC1. The highest BCUT2D eigenvalue weighted by Crippen LogP contribution is 2.24. The fourth-order valence-electron chi connectivity index (χ4n) is 3.31. The summed E-state index contributed by atoms with van der Waals surface area (Å²) in [6, 6.07) is 6.38. The maximum absolute atomic E-state index is 5.29. The summed E-state index contributed by atoms with van der Waals surface area (Å²) >= 11 is 0. The number of nitrogens with zero attached hydrogens (tertiary/aromatic N) is 3. The molecule has 0 spiro atoms. The summed E-state index contributed by atoms with van der Waals surface area (Å²) in [5, 5.41) is 1.25. The van der Waals surface area contributed by atoms with E-state index in [0.717, 1.165) is 37.6 Å². The molecule has 0 aliphatic carbocycles. The molecule has 4 rings (SSSR count). The van der Waals surface area contributed by atoms with Crippen molar-refractivity contribution in [2.45, 2.75) is 26.8 Å². The van der Waals surface area contributed by atoms with E-state index in [2.05, 4.69) is 52.8 Å². The molecule has 0 unspecified atom stereocenters. The lowest BCUT2D eigenvalue weighted by Crippen LogP contribution is -2.31. The first-order chi connectivity index (χ1) is 11.2. The Balaban J connectivity index is 1.70. The lowest BCUT2D eigenvalue weighted by molar-refractivity contribution is -0.0388. The summed E-state index contributed by atoms with van der Waals surface area (Å²) in [7, 11) is 0. The number of aromatic nitrogens is 3. The molecule has 4 nitrogen and oxygen atoms in total. The van der Waals surface area contributed by atoms with Crippen molar-refractivity contribution >= 4 is 10.9 Å². The van der Waals surface area contributed by atoms with Gasteiger partial charge in [-0.05, 0) is 43.2 Å². The van der Waals surface area contributed by atoms with E-state index < -0.39 is 0 Å². The van der Waals surface area contributed by atoms with Crippen LogP contribution in [0.1, 0.15) is 22.5 Å². The average Bonchev–Trinajstić information content (AvgIpc) is 2.91. The average molecular weight is 307 g/mol. The molecule has 1 aliphatic heterocycles. The Morgan fingerprint density at radius 2 is 1.96 bits per heavy atom. The zero-order valence-corrected chi connectivity index (χ0v) is 13.6. The predicted octanol–water partition coefficient (Wildman–Crippen LogP) is 3.29. The third kappa shape index (κ3) is 2.63. The van der Waals surface area contributed by atoms with Crippen LogP contribution < -0.4 is 0 Å². The van der Waals surface area contributed by atoms with E-state index in [1.54, 1.807) is 0 Å². The minimum Gasteiger partial charge on any atom is -0.381 e. The molecule has 0 aromatic carbocycles. The van der Waals surface area contributed by atoms with Crippen LogP contribution in [-0.2, 0) is 17.7 Å². The topological polar surface area (TPSA) is 39.9 Å². The van der Waals surface area contributed by atoms with Gasteiger partial charge in [0.2, 0.25) is 0 Å². The maximum atomic E-state index is 5.29. The Hall–Kier alpha value is -2.20. The molecule has 118 valence electrons. The minimum absolute atomic E-state index is 0.644. The van der Waals surface area contributed by atoms with Crippen LogP contribution in [0.2, 0.25) is 0 Å². The summed E-state index contributed by atoms with van der Waals surface area (Å²) in [5.74, 6) is 0.644. The third-order valence-electron chi connectivity index (χ3n) is 4.79. The lowest BCUT2D eigenvalue weighted by Gasteiger charge is -2.26. The molecule has 0 amide bonds. The zero-order chi connectivity index (χ0) is 15.8. The van der Waals surface area contributed by atoms with Gasteiger partial charge >= 0.3 is 0 Å². The standard InChI is InChI=1S/C19H21N3O/c1-13-3-6-20-14(2)17(13)9-18-16-5-8-22(10-15-11-23-12-15)19(16)4-7-21-18/h3-8,15H,9-12H2,1-2H3. The quantitative estimate of drug-likeness (QED) is 0.742. The van der Waals surface area contributed by atoms with Gasteiger partial charge in [0.1, 0.15) is 0 Å². The van der Waals surface area contributed by atoms with Crippen LogP contribution in [0.3, 0.4) is 0 Å². The number of ether oxygens (including phenoxy) is 1. The Morgan fingerprint density at radius 1 is 1.13 bits per heavy atom. The van der Waals surface area contributed by atoms with E-state index in [-0.39, 0.29) is 0 Å². The number of hydrogen-bond acceptors (Lipinski definition) is 3. The Bertz CT molecular complexity index is 829. The molecule has 1 fully saturated rings. The third-order valence-corrected chi connectivity index (χ3v) is 4.79. The summed E-state index contributed by atoms with van der Waals surface area (Å²) in [6.07, 6.45) is 6.81. The number of fused-ring (bicyclic) bond motifs is 1. The van der Waals surface area contributed by atoms with Gasteiger partial charge in [0.05, 0.1) is 24.4 Å². The second-order valence-electron chi connectivity index (χ2n) is 6.43. The fraction of sp³-hybridized carbons (Fsp3) is 0.368. The van der Waals surface area contributed by atoms with Crippen LogP contribution in [0, 0.1) is 19.8 Å². The van der Waals surface area contributed by atoms with Crippen molar-refractivity contribution in [3.8, 4) is 0 Å². The molecule has 0 radical (unpaired) electrons. The van der Waals surface area contributed by atoms with E-state index in [1.807, 2.05) is 12.4 Å². The smallest absolute Gasteiger partial charge is 0.0541 e. The molecule has 0 atom stereocenters. The van der Waals surface area contributed by atoms with E-state index in [0.29, 0.717) is 5.92 Å². The van der Waals surface area contributed by atoms with Crippen molar-refractivity contribution in [2.24, 2.45) is 5.92 Å². The summed E-state index contributed by atoms with van der Waals surface area (Å²) in [6.45, 7) is 7.01. The zero-order valence-electron chi connectivity index (χ0n) is 13.6. The van der Waals surface area contributed by atoms with Crippen molar-refractivity contribution in [1.82, 2.24) is 14.5 Å². The molecule has 3 aromatic rings. The predicted molar refractivity (Wildman–Crippen MR) is 90.6 cm³/mol. The van der Waals surface area contributed by atoms with Gasteiger partial charge in [0, 0.05) is 48.6 Å². The highest BCUT2D eigenvalue weighted by molar-refractivity contribution is 5.82. The van der Waals surface area contributed by atoms with Gasteiger partial charge in [-0.25, -0.2) is 0 Å². The molecule has 0 bridgehead atoms. The Kier molecular flexibility index (Phi) is 3.62. The highest BCUT2D eigenvalue weighted by Gasteiger charge is 2.20. The summed E-state index contributed by atoms with van der Waals surface area (Å²) < 4.78 is 7.62. The fourth-order valence-corrected chi connectivity index (χ4v) is 3.31. The van der Waals surface area contributed by atoms with Crippen molar-refractivity contribution in [3.63, 3.8) is 0 Å². The maximum Gasteiger partial charge on any atom is 0.0541 e.